The molecule has 0 aliphatic rings. The highest BCUT2D eigenvalue weighted by Gasteiger charge is 2.19. The first kappa shape index (κ1) is 21.5. The van der Waals surface area contributed by atoms with Crippen molar-refractivity contribution in [1.29, 1.82) is 0 Å². The largest absolute Gasteiger partial charge is 0.504 e. The number of phenols is 1. The Kier molecular flexibility index (Phi) is 5.88. The zero-order valence-electron chi connectivity index (χ0n) is 18.8. The van der Waals surface area contributed by atoms with Crippen molar-refractivity contribution < 1.29 is 14.3 Å². The van der Waals surface area contributed by atoms with Gasteiger partial charge in [0.15, 0.2) is 16.9 Å². The molecule has 0 saturated carbocycles. The maximum absolute atomic E-state index is 13.0. The van der Waals surface area contributed by atoms with Crippen LogP contribution in [0.25, 0.3) is 22.3 Å². The van der Waals surface area contributed by atoms with Crippen LogP contribution in [-0.2, 0) is 12.8 Å². The Bertz CT molecular complexity index is 1490. The summed E-state index contributed by atoms with van der Waals surface area (Å²) in [4.78, 5) is 13.0. The molecule has 0 unspecified atom stereocenters. The van der Waals surface area contributed by atoms with E-state index in [1.807, 2.05) is 72.8 Å². The minimum Gasteiger partial charge on any atom is -0.504 e. The summed E-state index contributed by atoms with van der Waals surface area (Å²) < 4.78 is 11.6. The third-order valence-electron chi connectivity index (χ3n) is 5.95. The van der Waals surface area contributed by atoms with Crippen molar-refractivity contribution in [3.05, 3.63) is 130 Å². The number of benzene rings is 4. The highest BCUT2D eigenvalue weighted by atomic mass is 16.5. The highest BCUT2D eigenvalue weighted by Crippen LogP contribution is 2.38. The predicted molar refractivity (Wildman–Crippen MR) is 135 cm³/mol. The number of hydrogen-bond donors (Lipinski definition) is 1. The van der Waals surface area contributed by atoms with E-state index in [0.717, 1.165) is 23.1 Å². The molecule has 0 amide bonds. The summed E-state index contributed by atoms with van der Waals surface area (Å²) >= 11 is 0. The number of aromatic hydroxyl groups is 1. The lowest BCUT2D eigenvalue weighted by atomic mass is 10.0. The van der Waals surface area contributed by atoms with Gasteiger partial charge in [0, 0.05) is 23.6 Å². The average molecular weight is 449 g/mol. The minimum atomic E-state index is -0.313. The van der Waals surface area contributed by atoms with Crippen molar-refractivity contribution in [3.63, 3.8) is 0 Å². The summed E-state index contributed by atoms with van der Waals surface area (Å²) in [7, 11) is 1.49. The molecule has 5 aromatic rings. The van der Waals surface area contributed by atoms with Crippen molar-refractivity contribution >= 4 is 11.0 Å². The van der Waals surface area contributed by atoms with E-state index in [-0.39, 0.29) is 16.6 Å². The van der Waals surface area contributed by atoms with Crippen LogP contribution in [0.1, 0.15) is 22.3 Å². The number of ether oxygens (including phenoxy) is 1. The lowest BCUT2D eigenvalue weighted by Gasteiger charge is -2.13. The molecular weight excluding hydrogens is 424 g/mol. The molecule has 1 N–H and O–H groups in total. The molecule has 0 aliphatic carbocycles. The third-order valence-corrected chi connectivity index (χ3v) is 5.95. The second kappa shape index (κ2) is 9.28. The molecule has 0 aliphatic heterocycles. The Morgan fingerprint density at radius 1 is 0.765 bits per heavy atom. The second-order valence-electron chi connectivity index (χ2n) is 8.29. The summed E-state index contributed by atoms with van der Waals surface area (Å²) in [6, 6.07) is 31.4. The Hall–Kier alpha value is -4.31. The minimum absolute atomic E-state index is 0.123. The molecule has 4 aromatic carbocycles. The van der Waals surface area contributed by atoms with E-state index in [9.17, 15) is 9.90 Å². The normalized spacial score (nSPS) is 11.0. The molecule has 5 rings (SSSR count). The summed E-state index contributed by atoms with van der Waals surface area (Å²) in [5.74, 6) is 0.560. The zero-order valence-corrected chi connectivity index (χ0v) is 18.8. The summed E-state index contributed by atoms with van der Waals surface area (Å²) in [5.41, 5.74) is 5.04. The molecule has 0 saturated heterocycles. The maximum Gasteiger partial charge on any atom is 0.197 e. The first-order valence-corrected chi connectivity index (χ1v) is 11.2. The standard InChI is InChI=1S/C30H24O4/c1-33-30-24(17-21-10-6-3-7-11-21)18-27-28(29(30)32)25(31)19-26(34-27)23-14-12-22(13-15-23)16-20-8-4-2-5-9-20/h2-15,18-19,32H,16-17H2,1H3. The maximum atomic E-state index is 13.0. The van der Waals surface area contributed by atoms with E-state index in [1.165, 1.54) is 24.3 Å². The summed E-state index contributed by atoms with van der Waals surface area (Å²) in [6.07, 6.45) is 1.37. The quantitative estimate of drug-likeness (QED) is 0.329. The fourth-order valence-corrected chi connectivity index (χ4v) is 4.27. The van der Waals surface area contributed by atoms with Crippen molar-refractivity contribution in [3.8, 4) is 22.8 Å². The SMILES string of the molecule is COc1c(Cc2ccccc2)cc2oc(-c3ccc(Cc4ccccc4)cc3)cc(=O)c2c1O. The van der Waals surface area contributed by atoms with E-state index >= 15 is 0 Å². The molecule has 0 fully saturated rings. The van der Waals surface area contributed by atoms with Crippen LogP contribution < -0.4 is 10.2 Å². The van der Waals surface area contributed by atoms with Gasteiger partial charge in [0.1, 0.15) is 16.7 Å². The van der Waals surface area contributed by atoms with Gasteiger partial charge in [0.05, 0.1) is 7.11 Å². The molecule has 1 heterocycles. The molecule has 1 aromatic heterocycles. The van der Waals surface area contributed by atoms with Gasteiger partial charge in [-0.2, -0.15) is 0 Å². The molecule has 168 valence electrons. The van der Waals surface area contributed by atoms with Gasteiger partial charge in [0.25, 0.3) is 0 Å². The van der Waals surface area contributed by atoms with Crippen LogP contribution >= 0.6 is 0 Å². The van der Waals surface area contributed by atoms with Crippen LogP contribution in [-0.4, -0.2) is 12.2 Å². The summed E-state index contributed by atoms with van der Waals surface area (Å²) in [5, 5.41) is 11.0. The predicted octanol–water partition coefficient (Wildman–Crippen LogP) is 6.36. The van der Waals surface area contributed by atoms with Crippen LogP contribution in [0, 0.1) is 0 Å². The molecule has 4 nitrogen and oxygen atoms in total. The zero-order chi connectivity index (χ0) is 23.5. The molecule has 4 heteroatoms. The Balaban J connectivity index is 1.53. The molecule has 0 spiro atoms. The second-order valence-corrected chi connectivity index (χ2v) is 8.29. The van der Waals surface area contributed by atoms with E-state index in [4.69, 9.17) is 9.15 Å². The fraction of sp³-hybridized carbons (Fsp3) is 0.100. The van der Waals surface area contributed by atoms with Gasteiger partial charge in [-0.15, -0.1) is 0 Å². The fourth-order valence-electron chi connectivity index (χ4n) is 4.27. The Labute approximate surface area is 197 Å². The van der Waals surface area contributed by atoms with Crippen molar-refractivity contribution in [1.82, 2.24) is 0 Å². The first-order chi connectivity index (χ1) is 16.6. The lowest BCUT2D eigenvalue weighted by molar-refractivity contribution is 0.372. The Morgan fingerprint density at radius 2 is 1.35 bits per heavy atom. The van der Waals surface area contributed by atoms with Crippen molar-refractivity contribution in [2.75, 3.05) is 7.11 Å². The van der Waals surface area contributed by atoms with Crippen molar-refractivity contribution in [2.24, 2.45) is 0 Å². The third kappa shape index (κ3) is 4.30. The van der Waals surface area contributed by atoms with E-state index in [1.54, 1.807) is 6.07 Å². The number of hydrogen-bond acceptors (Lipinski definition) is 4. The van der Waals surface area contributed by atoms with E-state index in [2.05, 4.69) is 12.1 Å². The number of methoxy groups -OCH3 is 1. The van der Waals surface area contributed by atoms with Crippen molar-refractivity contribution in [2.45, 2.75) is 12.8 Å². The average Bonchev–Trinajstić information content (AvgIpc) is 2.85. The van der Waals surface area contributed by atoms with Crippen LogP contribution in [0.4, 0.5) is 0 Å². The summed E-state index contributed by atoms with van der Waals surface area (Å²) in [6.45, 7) is 0. The van der Waals surface area contributed by atoms with E-state index in [0.29, 0.717) is 23.5 Å². The molecule has 0 bridgehead atoms. The Morgan fingerprint density at radius 3 is 1.97 bits per heavy atom. The smallest absolute Gasteiger partial charge is 0.197 e. The van der Waals surface area contributed by atoms with Crippen LogP contribution in [0.5, 0.6) is 11.5 Å². The number of rotatable bonds is 6. The number of phenolic OH excluding ortho intramolecular Hbond substituents is 1. The van der Waals surface area contributed by atoms with Gasteiger partial charge in [-0.25, -0.2) is 0 Å². The van der Waals surface area contributed by atoms with Gasteiger partial charge in [-0.05, 0) is 29.2 Å². The first-order valence-electron chi connectivity index (χ1n) is 11.2. The van der Waals surface area contributed by atoms with Crippen LogP contribution in [0.3, 0.4) is 0 Å². The topological polar surface area (TPSA) is 59.7 Å². The van der Waals surface area contributed by atoms with Gasteiger partial charge < -0.3 is 14.3 Å². The molecular formula is C30H24O4. The monoisotopic (exact) mass is 448 g/mol. The van der Waals surface area contributed by atoms with Crippen LogP contribution in [0.2, 0.25) is 0 Å². The molecule has 34 heavy (non-hydrogen) atoms. The van der Waals surface area contributed by atoms with Gasteiger partial charge in [-0.1, -0.05) is 84.9 Å². The van der Waals surface area contributed by atoms with Gasteiger partial charge >= 0.3 is 0 Å². The van der Waals surface area contributed by atoms with Gasteiger partial charge in [-0.3, -0.25) is 4.79 Å². The van der Waals surface area contributed by atoms with Crippen LogP contribution in [0.15, 0.2) is 106 Å². The molecule has 0 atom stereocenters. The van der Waals surface area contributed by atoms with Gasteiger partial charge in [0.2, 0.25) is 0 Å². The number of fused-ring (bicyclic) bond motifs is 1. The van der Waals surface area contributed by atoms with E-state index < -0.39 is 0 Å². The lowest BCUT2D eigenvalue weighted by Crippen LogP contribution is -2.04. The molecule has 0 radical (unpaired) electrons. The highest BCUT2D eigenvalue weighted by molar-refractivity contribution is 5.88.